The molecule has 2 nitrogen and oxygen atoms in total. The molecular formula is C8H8BrClO2. The topological polar surface area (TPSA) is 37.3 Å². The number of carboxylic acid groups (broad SMARTS) is 1. The lowest BCUT2D eigenvalue weighted by Gasteiger charge is -1.86. The Labute approximate surface area is 84.3 Å². The van der Waals surface area contributed by atoms with Gasteiger partial charge in [-0.1, -0.05) is 27.5 Å². The molecule has 0 heterocycles. The monoisotopic (exact) mass is 250 g/mol. The largest absolute Gasteiger partial charge is 0.481 e. The second-order valence-electron chi connectivity index (χ2n) is 1.96. The zero-order valence-electron chi connectivity index (χ0n) is 6.42. The van der Waals surface area contributed by atoms with Crippen LogP contribution in [0.15, 0.2) is 28.7 Å². The van der Waals surface area contributed by atoms with E-state index in [0.717, 1.165) is 16.4 Å². The number of carbonyl (C=O) groups is 1. The first-order chi connectivity index (χ1) is 5.52. The van der Waals surface area contributed by atoms with Gasteiger partial charge in [0.05, 0.1) is 0 Å². The lowest BCUT2D eigenvalue weighted by molar-refractivity contribution is -0.134. The SMILES string of the molecule is CC(=O)O.Clc1ccc(Br)cc1. The van der Waals surface area contributed by atoms with E-state index < -0.39 is 5.97 Å². The van der Waals surface area contributed by atoms with Crippen LogP contribution in [0.1, 0.15) is 6.92 Å². The van der Waals surface area contributed by atoms with E-state index in [-0.39, 0.29) is 0 Å². The maximum atomic E-state index is 9.00. The van der Waals surface area contributed by atoms with Gasteiger partial charge in [0.25, 0.3) is 5.97 Å². The van der Waals surface area contributed by atoms with Crippen molar-refractivity contribution in [2.75, 3.05) is 0 Å². The number of halogens is 2. The molecule has 66 valence electrons. The van der Waals surface area contributed by atoms with Gasteiger partial charge in [-0.3, -0.25) is 4.79 Å². The highest BCUT2D eigenvalue weighted by Crippen LogP contribution is 2.13. The predicted octanol–water partition coefficient (Wildman–Crippen LogP) is 3.19. The van der Waals surface area contributed by atoms with Crippen LogP contribution in [0.3, 0.4) is 0 Å². The first-order valence-corrected chi connectivity index (χ1v) is 4.30. The maximum absolute atomic E-state index is 9.00. The first-order valence-electron chi connectivity index (χ1n) is 3.13. The van der Waals surface area contributed by atoms with Crippen molar-refractivity contribution in [1.29, 1.82) is 0 Å². The van der Waals surface area contributed by atoms with Crippen molar-refractivity contribution < 1.29 is 9.90 Å². The molecule has 12 heavy (non-hydrogen) atoms. The lowest BCUT2D eigenvalue weighted by Crippen LogP contribution is -1.78. The van der Waals surface area contributed by atoms with Crippen LogP contribution in [0.25, 0.3) is 0 Å². The summed E-state index contributed by atoms with van der Waals surface area (Å²) in [5.41, 5.74) is 0. The van der Waals surface area contributed by atoms with Gasteiger partial charge >= 0.3 is 0 Å². The Morgan fingerprint density at radius 1 is 1.42 bits per heavy atom. The molecule has 0 aliphatic heterocycles. The summed E-state index contributed by atoms with van der Waals surface area (Å²) in [4.78, 5) is 9.00. The van der Waals surface area contributed by atoms with E-state index in [1.54, 1.807) is 0 Å². The van der Waals surface area contributed by atoms with E-state index in [2.05, 4.69) is 15.9 Å². The molecule has 0 aliphatic carbocycles. The van der Waals surface area contributed by atoms with Crippen molar-refractivity contribution in [3.8, 4) is 0 Å². The minimum Gasteiger partial charge on any atom is -0.481 e. The number of hydrogen-bond donors (Lipinski definition) is 1. The number of rotatable bonds is 0. The molecule has 0 aliphatic rings. The fraction of sp³-hybridized carbons (Fsp3) is 0.125. The van der Waals surface area contributed by atoms with Crippen LogP contribution in [0, 0.1) is 0 Å². The molecule has 1 aromatic carbocycles. The first kappa shape index (κ1) is 11.5. The molecular weight excluding hydrogens is 243 g/mol. The van der Waals surface area contributed by atoms with E-state index in [1.165, 1.54) is 0 Å². The van der Waals surface area contributed by atoms with Gasteiger partial charge in [-0.2, -0.15) is 0 Å². The molecule has 0 spiro atoms. The fourth-order valence-corrected chi connectivity index (χ4v) is 0.820. The molecule has 0 bridgehead atoms. The number of hydrogen-bond acceptors (Lipinski definition) is 1. The Morgan fingerprint density at radius 3 is 2.00 bits per heavy atom. The highest BCUT2D eigenvalue weighted by atomic mass is 79.9. The Morgan fingerprint density at radius 2 is 1.75 bits per heavy atom. The average Bonchev–Trinajstić information content (AvgIpc) is 1.94. The Balaban J connectivity index is 0.000000261. The third-order valence-electron chi connectivity index (χ3n) is 0.804. The summed E-state index contributed by atoms with van der Waals surface area (Å²) in [5, 5.41) is 8.19. The van der Waals surface area contributed by atoms with Crippen molar-refractivity contribution >= 4 is 33.5 Å². The van der Waals surface area contributed by atoms with Crippen LogP contribution in [0.2, 0.25) is 5.02 Å². The smallest absolute Gasteiger partial charge is 0.300 e. The number of aliphatic carboxylic acids is 1. The molecule has 1 rings (SSSR count). The minimum atomic E-state index is -0.833. The lowest BCUT2D eigenvalue weighted by atomic mass is 10.4. The van der Waals surface area contributed by atoms with E-state index in [9.17, 15) is 0 Å². The van der Waals surface area contributed by atoms with E-state index in [4.69, 9.17) is 21.5 Å². The molecule has 0 unspecified atom stereocenters. The van der Waals surface area contributed by atoms with Crippen molar-refractivity contribution in [2.45, 2.75) is 6.92 Å². The molecule has 0 fully saturated rings. The van der Waals surface area contributed by atoms with Crippen LogP contribution in [-0.2, 0) is 4.79 Å². The summed E-state index contributed by atoms with van der Waals surface area (Å²) in [5.74, 6) is -0.833. The standard InChI is InChI=1S/C6H4BrCl.C2H4O2/c7-5-1-3-6(8)4-2-5;1-2(3)4/h1-4H;1H3,(H,3,4). The van der Waals surface area contributed by atoms with Gasteiger partial charge < -0.3 is 5.11 Å². The summed E-state index contributed by atoms with van der Waals surface area (Å²) < 4.78 is 1.06. The van der Waals surface area contributed by atoms with Crippen molar-refractivity contribution in [2.24, 2.45) is 0 Å². The maximum Gasteiger partial charge on any atom is 0.300 e. The van der Waals surface area contributed by atoms with Crippen LogP contribution >= 0.6 is 27.5 Å². The highest BCUT2D eigenvalue weighted by molar-refractivity contribution is 9.10. The summed E-state index contributed by atoms with van der Waals surface area (Å²) in [6.45, 7) is 1.08. The average molecular weight is 252 g/mol. The third kappa shape index (κ3) is 7.57. The predicted molar refractivity (Wildman–Crippen MR) is 52.5 cm³/mol. The zero-order valence-corrected chi connectivity index (χ0v) is 8.76. The molecule has 0 aromatic heterocycles. The summed E-state index contributed by atoms with van der Waals surface area (Å²) in [6, 6.07) is 7.49. The van der Waals surface area contributed by atoms with Gasteiger partial charge in [-0.05, 0) is 24.3 Å². The molecule has 1 N–H and O–H groups in total. The van der Waals surface area contributed by atoms with Crippen LogP contribution in [0.5, 0.6) is 0 Å². The molecule has 4 heteroatoms. The molecule has 0 radical (unpaired) electrons. The zero-order chi connectivity index (χ0) is 9.56. The van der Waals surface area contributed by atoms with E-state index in [0.29, 0.717) is 0 Å². The second kappa shape index (κ2) is 6.03. The quantitative estimate of drug-likeness (QED) is 0.769. The second-order valence-corrected chi connectivity index (χ2v) is 3.31. The summed E-state index contributed by atoms with van der Waals surface area (Å²) in [6.07, 6.45) is 0. The van der Waals surface area contributed by atoms with Gasteiger partial charge in [0.15, 0.2) is 0 Å². The van der Waals surface area contributed by atoms with Gasteiger partial charge in [0.1, 0.15) is 0 Å². The molecule has 0 saturated carbocycles. The van der Waals surface area contributed by atoms with Gasteiger partial charge in [-0.15, -0.1) is 0 Å². The van der Waals surface area contributed by atoms with Gasteiger partial charge in [0, 0.05) is 16.4 Å². The highest BCUT2D eigenvalue weighted by Gasteiger charge is 1.83. The number of carboxylic acids is 1. The molecule has 0 atom stereocenters. The summed E-state index contributed by atoms with van der Waals surface area (Å²) >= 11 is 8.88. The van der Waals surface area contributed by atoms with Crippen molar-refractivity contribution in [1.82, 2.24) is 0 Å². The minimum absolute atomic E-state index is 0.771. The molecule has 1 aromatic rings. The fourth-order valence-electron chi connectivity index (χ4n) is 0.430. The summed E-state index contributed by atoms with van der Waals surface area (Å²) in [7, 11) is 0. The Bertz CT molecular complexity index is 221. The number of benzene rings is 1. The van der Waals surface area contributed by atoms with Crippen LogP contribution in [0.4, 0.5) is 0 Å². The van der Waals surface area contributed by atoms with Crippen LogP contribution in [-0.4, -0.2) is 11.1 Å². The van der Waals surface area contributed by atoms with Crippen LogP contribution < -0.4 is 0 Å². The normalized spacial score (nSPS) is 8.25. The van der Waals surface area contributed by atoms with E-state index >= 15 is 0 Å². The molecule has 0 saturated heterocycles. The Kier molecular flexibility index (Phi) is 5.76. The van der Waals surface area contributed by atoms with E-state index in [1.807, 2.05) is 24.3 Å². The van der Waals surface area contributed by atoms with Gasteiger partial charge in [0.2, 0.25) is 0 Å². The third-order valence-corrected chi connectivity index (χ3v) is 1.58. The van der Waals surface area contributed by atoms with Gasteiger partial charge in [-0.25, -0.2) is 0 Å². The van der Waals surface area contributed by atoms with Crippen molar-refractivity contribution in [3.63, 3.8) is 0 Å². The Hall–Kier alpha value is -0.540. The molecule has 0 amide bonds. The van der Waals surface area contributed by atoms with Crippen molar-refractivity contribution in [3.05, 3.63) is 33.8 Å².